The van der Waals surface area contributed by atoms with Gasteiger partial charge in [0, 0.05) is 34.4 Å². The molecule has 0 atom stereocenters. The van der Waals surface area contributed by atoms with Crippen LogP contribution in [-0.2, 0) is 11.3 Å². The molecule has 1 amide bonds. The molecule has 29 heavy (non-hydrogen) atoms. The molecule has 1 heterocycles. The standard InChI is InChI=1S/C19H18BrN5O3S/c1-3-24-18(13-4-6-14(20)7-5-13)22-23-19(24)29-11-17(26)21-16-9-8-15(25(27)28)10-12(16)2/h4-10H,3,11H2,1-2H3,(H,21,26). The van der Waals surface area contributed by atoms with Crippen molar-refractivity contribution in [1.82, 2.24) is 14.8 Å². The first-order valence-electron chi connectivity index (χ1n) is 8.76. The van der Waals surface area contributed by atoms with Gasteiger partial charge in [0.2, 0.25) is 5.91 Å². The van der Waals surface area contributed by atoms with E-state index in [1.54, 1.807) is 6.92 Å². The molecule has 0 bridgehead atoms. The van der Waals surface area contributed by atoms with Gasteiger partial charge in [0.1, 0.15) is 0 Å². The van der Waals surface area contributed by atoms with E-state index in [1.807, 2.05) is 35.8 Å². The van der Waals surface area contributed by atoms with E-state index < -0.39 is 4.92 Å². The van der Waals surface area contributed by atoms with Crippen molar-refractivity contribution in [2.75, 3.05) is 11.1 Å². The Morgan fingerprint density at radius 3 is 2.59 bits per heavy atom. The molecular formula is C19H18BrN5O3S. The molecule has 3 rings (SSSR count). The van der Waals surface area contributed by atoms with Gasteiger partial charge in [0.25, 0.3) is 5.69 Å². The van der Waals surface area contributed by atoms with Gasteiger partial charge >= 0.3 is 0 Å². The quantitative estimate of drug-likeness (QED) is 0.302. The molecule has 2 aromatic carbocycles. The van der Waals surface area contributed by atoms with Gasteiger partial charge in [-0.2, -0.15) is 0 Å². The molecule has 0 saturated carbocycles. The summed E-state index contributed by atoms with van der Waals surface area (Å²) in [5.74, 6) is 0.673. The third-order valence-corrected chi connectivity index (χ3v) is 5.66. The average molecular weight is 476 g/mol. The Hall–Kier alpha value is -2.72. The van der Waals surface area contributed by atoms with Crippen LogP contribution >= 0.6 is 27.7 Å². The smallest absolute Gasteiger partial charge is 0.269 e. The SMILES string of the molecule is CCn1c(SCC(=O)Nc2ccc([N+](=O)[O-])cc2C)nnc1-c1ccc(Br)cc1. The second-order valence-corrected chi connectivity index (χ2v) is 8.01. The number of aryl methyl sites for hydroxylation is 1. The summed E-state index contributed by atoms with van der Waals surface area (Å²) < 4.78 is 2.94. The highest BCUT2D eigenvalue weighted by molar-refractivity contribution is 9.10. The number of nitro benzene ring substituents is 1. The van der Waals surface area contributed by atoms with Crippen LogP contribution in [0.2, 0.25) is 0 Å². The van der Waals surface area contributed by atoms with Gasteiger partial charge in [-0.25, -0.2) is 0 Å². The topological polar surface area (TPSA) is 103 Å². The number of nitrogens with zero attached hydrogens (tertiary/aromatic N) is 4. The van der Waals surface area contributed by atoms with Crippen molar-refractivity contribution in [3.05, 3.63) is 62.6 Å². The molecule has 0 saturated heterocycles. The Balaban J connectivity index is 1.68. The van der Waals surface area contributed by atoms with Gasteiger partial charge in [-0.3, -0.25) is 14.9 Å². The fourth-order valence-corrected chi connectivity index (χ4v) is 3.78. The normalized spacial score (nSPS) is 10.7. The van der Waals surface area contributed by atoms with Crippen molar-refractivity contribution in [1.29, 1.82) is 0 Å². The Kier molecular flexibility index (Phi) is 6.65. The Morgan fingerprint density at radius 2 is 1.97 bits per heavy atom. The number of benzene rings is 2. The number of non-ortho nitro benzene ring substituents is 1. The van der Waals surface area contributed by atoms with E-state index in [-0.39, 0.29) is 17.3 Å². The van der Waals surface area contributed by atoms with E-state index in [2.05, 4.69) is 31.4 Å². The Bertz CT molecular complexity index is 1050. The van der Waals surface area contributed by atoms with Crippen LogP contribution < -0.4 is 5.32 Å². The highest BCUT2D eigenvalue weighted by atomic mass is 79.9. The summed E-state index contributed by atoms with van der Waals surface area (Å²) in [6, 6.07) is 12.1. The first kappa shape index (κ1) is 21.0. The van der Waals surface area contributed by atoms with Crippen LogP contribution in [0.4, 0.5) is 11.4 Å². The first-order chi connectivity index (χ1) is 13.9. The number of rotatable bonds is 7. The first-order valence-corrected chi connectivity index (χ1v) is 10.5. The highest BCUT2D eigenvalue weighted by Crippen LogP contribution is 2.26. The molecule has 0 aliphatic carbocycles. The zero-order chi connectivity index (χ0) is 21.0. The van der Waals surface area contributed by atoms with Gasteiger partial charge in [-0.15, -0.1) is 10.2 Å². The number of amides is 1. The van der Waals surface area contributed by atoms with E-state index in [9.17, 15) is 14.9 Å². The fourth-order valence-electron chi connectivity index (χ4n) is 2.71. The number of nitro groups is 1. The van der Waals surface area contributed by atoms with E-state index >= 15 is 0 Å². The zero-order valence-corrected chi connectivity index (χ0v) is 18.2. The monoisotopic (exact) mass is 475 g/mol. The lowest BCUT2D eigenvalue weighted by Gasteiger charge is -2.09. The van der Waals surface area contributed by atoms with E-state index in [0.717, 1.165) is 15.9 Å². The molecule has 0 spiro atoms. The number of thioether (sulfide) groups is 1. The fraction of sp³-hybridized carbons (Fsp3) is 0.211. The van der Waals surface area contributed by atoms with Gasteiger partial charge in [0.15, 0.2) is 11.0 Å². The predicted octanol–water partition coefficient (Wildman–Crippen LogP) is 4.67. The van der Waals surface area contributed by atoms with Crippen molar-refractivity contribution < 1.29 is 9.72 Å². The number of aromatic nitrogens is 3. The van der Waals surface area contributed by atoms with Crippen LogP contribution in [-0.4, -0.2) is 31.3 Å². The summed E-state index contributed by atoms with van der Waals surface area (Å²) in [4.78, 5) is 22.7. The van der Waals surface area contributed by atoms with Crippen LogP contribution in [0.3, 0.4) is 0 Å². The van der Waals surface area contributed by atoms with Crippen molar-refractivity contribution >= 4 is 45.0 Å². The molecule has 0 fully saturated rings. The minimum absolute atomic E-state index is 0.00797. The maximum absolute atomic E-state index is 12.3. The maximum Gasteiger partial charge on any atom is 0.269 e. The minimum Gasteiger partial charge on any atom is -0.325 e. The number of carbonyl (C=O) groups excluding carboxylic acids is 1. The van der Waals surface area contributed by atoms with Crippen LogP contribution in [0.5, 0.6) is 0 Å². The number of hydrogen-bond acceptors (Lipinski definition) is 6. The third kappa shape index (κ3) is 5.01. The number of hydrogen-bond donors (Lipinski definition) is 1. The zero-order valence-electron chi connectivity index (χ0n) is 15.8. The molecule has 3 aromatic rings. The van der Waals surface area contributed by atoms with Crippen LogP contribution in [0, 0.1) is 17.0 Å². The molecule has 1 N–H and O–H groups in total. The van der Waals surface area contributed by atoms with Crippen LogP contribution in [0.1, 0.15) is 12.5 Å². The van der Waals surface area contributed by atoms with Gasteiger partial charge in [-0.05, 0) is 37.6 Å². The molecular weight excluding hydrogens is 458 g/mol. The molecule has 0 unspecified atom stereocenters. The highest BCUT2D eigenvalue weighted by Gasteiger charge is 2.15. The summed E-state index contributed by atoms with van der Waals surface area (Å²) in [5.41, 5.74) is 2.12. The van der Waals surface area contributed by atoms with Gasteiger partial charge in [-0.1, -0.05) is 39.8 Å². The number of nitrogens with one attached hydrogen (secondary N) is 1. The molecule has 0 aliphatic heterocycles. The van der Waals surface area contributed by atoms with Gasteiger partial charge < -0.3 is 9.88 Å². The summed E-state index contributed by atoms with van der Waals surface area (Å²) in [7, 11) is 0. The average Bonchev–Trinajstić information content (AvgIpc) is 3.11. The second kappa shape index (κ2) is 9.19. The minimum atomic E-state index is -0.463. The molecule has 1 aromatic heterocycles. The lowest BCUT2D eigenvalue weighted by atomic mass is 10.2. The number of carbonyl (C=O) groups is 1. The van der Waals surface area contributed by atoms with E-state index in [0.29, 0.717) is 23.0 Å². The number of halogens is 1. The van der Waals surface area contributed by atoms with Crippen molar-refractivity contribution in [2.24, 2.45) is 0 Å². The van der Waals surface area contributed by atoms with Crippen molar-refractivity contribution in [3.8, 4) is 11.4 Å². The second-order valence-electron chi connectivity index (χ2n) is 6.15. The summed E-state index contributed by atoms with van der Waals surface area (Å²) in [6.07, 6.45) is 0. The molecule has 8 nitrogen and oxygen atoms in total. The van der Waals surface area contributed by atoms with E-state index in [4.69, 9.17) is 0 Å². The Labute approximate surface area is 180 Å². The summed E-state index contributed by atoms with van der Waals surface area (Å²) in [5, 5.41) is 22.8. The maximum atomic E-state index is 12.3. The predicted molar refractivity (Wildman–Crippen MR) is 116 cm³/mol. The molecule has 150 valence electrons. The van der Waals surface area contributed by atoms with Gasteiger partial charge in [0.05, 0.1) is 10.7 Å². The molecule has 10 heteroatoms. The Morgan fingerprint density at radius 1 is 1.24 bits per heavy atom. The lowest BCUT2D eigenvalue weighted by molar-refractivity contribution is -0.384. The number of anilines is 1. The van der Waals surface area contributed by atoms with Crippen molar-refractivity contribution in [2.45, 2.75) is 25.5 Å². The molecule has 0 radical (unpaired) electrons. The summed E-state index contributed by atoms with van der Waals surface area (Å²) >= 11 is 4.71. The largest absolute Gasteiger partial charge is 0.325 e. The van der Waals surface area contributed by atoms with Crippen LogP contribution in [0.25, 0.3) is 11.4 Å². The molecule has 0 aliphatic rings. The van der Waals surface area contributed by atoms with Crippen LogP contribution in [0.15, 0.2) is 52.1 Å². The van der Waals surface area contributed by atoms with Crippen molar-refractivity contribution in [3.63, 3.8) is 0 Å². The third-order valence-electron chi connectivity index (χ3n) is 4.16. The summed E-state index contributed by atoms with van der Waals surface area (Å²) in [6.45, 7) is 4.38. The van der Waals surface area contributed by atoms with E-state index in [1.165, 1.54) is 30.0 Å². The lowest BCUT2D eigenvalue weighted by Crippen LogP contribution is -2.15.